The summed E-state index contributed by atoms with van der Waals surface area (Å²) in [4.78, 5) is 14.2. The van der Waals surface area contributed by atoms with Crippen molar-refractivity contribution in [2.24, 2.45) is 0 Å². The van der Waals surface area contributed by atoms with Gasteiger partial charge < -0.3 is 14.6 Å². The van der Waals surface area contributed by atoms with E-state index < -0.39 is 0 Å². The molecule has 5 heteroatoms. The van der Waals surface area contributed by atoms with Crippen molar-refractivity contribution in [3.63, 3.8) is 0 Å². The number of rotatable bonds is 3. The molecule has 0 bridgehead atoms. The molecule has 1 amide bonds. The van der Waals surface area contributed by atoms with Gasteiger partial charge in [0.05, 0.1) is 12.6 Å². The van der Waals surface area contributed by atoms with Crippen molar-refractivity contribution >= 4 is 21.8 Å². The Morgan fingerprint density at radius 1 is 1.65 bits per heavy atom. The van der Waals surface area contributed by atoms with E-state index in [9.17, 15) is 9.90 Å². The first kappa shape index (κ1) is 12.6. The number of nitrogens with zero attached hydrogens (tertiary/aromatic N) is 2. The average molecular weight is 301 g/mol. The Balaban J connectivity index is 2.24. The number of aryl methyl sites for hydroxylation is 1. The number of likely N-dealkylation sites (tertiary alicyclic amines) is 1. The van der Waals surface area contributed by atoms with Crippen molar-refractivity contribution in [2.75, 3.05) is 13.2 Å². The maximum atomic E-state index is 12.4. The molecule has 4 nitrogen and oxygen atoms in total. The summed E-state index contributed by atoms with van der Waals surface area (Å²) in [6.07, 6.45) is 3.79. The maximum absolute atomic E-state index is 12.4. The van der Waals surface area contributed by atoms with E-state index in [1.54, 1.807) is 4.90 Å². The van der Waals surface area contributed by atoms with Crippen LogP contribution in [0.25, 0.3) is 0 Å². The van der Waals surface area contributed by atoms with Gasteiger partial charge in [0, 0.05) is 23.8 Å². The lowest BCUT2D eigenvalue weighted by molar-refractivity contribution is 0.0667. The quantitative estimate of drug-likeness (QED) is 0.926. The van der Waals surface area contributed by atoms with Crippen molar-refractivity contribution in [3.05, 3.63) is 22.4 Å². The maximum Gasteiger partial charge on any atom is 0.270 e. The van der Waals surface area contributed by atoms with Crippen molar-refractivity contribution in [3.8, 4) is 0 Å². The number of aliphatic hydroxyl groups excluding tert-OH is 1. The lowest BCUT2D eigenvalue weighted by atomic mass is 10.2. The van der Waals surface area contributed by atoms with Crippen LogP contribution in [-0.2, 0) is 6.54 Å². The molecule has 1 saturated heterocycles. The highest BCUT2D eigenvalue weighted by molar-refractivity contribution is 9.10. The number of carbonyl (C=O) groups excluding carboxylic acids is 1. The third-order valence-corrected chi connectivity index (χ3v) is 3.71. The van der Waals surface area contributed by atoms with Gasteiger partial charge in [-0.1, -0.05) is 0 Å². The Morgan fingerprint density at radius 2 is 2.41 bits per heavy atom. The highest BCUT2D eigenvalue weighted by Crippen LogP contribution is 2.22. The van der Waals surface area contributed by atoms with E-state index in [-0.39, 0.29) is 18.6 Å². The molecule has 17 heavy (non-hydrogen) atoms. The Kier molecular flexibility index (Phi) is 3.89. The van der Waals surface area contributed by atoms with Crippen LogP contribution in [0.1, 0.15) is 30.3 Å². The third-order valence-electron chi connectivity index (χ3n) is 3.27. The molecule has 1 aliphatic rings. The summed E-state index contributed by atoms with van der Waals surface area (Å²) in [5.74, 6) is 0.0223. The normalized spacial score (nSPS) is 19.9. The van der Waals surface area contributed by atoms with E-state index >= 15 is 0 Å². The van der Waals surface area contributed by atoms with Crippen LogP contribution in [0.2, 0.25) is 0 Å². The second kappa shape index (κ2) is 5.23. The van der Waals surface area contributed by atoms with E-state index in [1.165, 1.54) is 0 Å². The van der Waals surface area contributed by atoms with Crippen molar-refractivity contribution in [1.82, 2.24) is 9.47 Å². The summed E-state index contributed by atoms with van der Waals surface area (Å²) in [6, 6.07) is 1.83. The Labute approximate surface area is 109 Å². The van der Waals surface area contributed by atoms with E-state index in [4.69, 9.17) is 0 Å². The number of aromatic nitrogens is 1. The zero-order valence-electron chi connectivity index (χ0n) is 9.90. The van der Waals surface area contributed by atoms with Crippen LogP contribution < -0.4 is 0 Å². The van der Waals surface area contributed by atoms with Gasteiger partial charge in [-0.25, -0.2) is 0 Å². The molecule has 94 valence electrons. The van der Waals surface area contributed by atoms with Crippen LogP contribution >= 0.6 is 15.9 Å². The van der Waals surface area contributed by atoms with Crippen molar-refractivity contribution in [1.29, 1.82) is 0 Å². The SMILES string of the molecule is CCn1cc(Br)cc1C(=O)N1CCCC1CO. The van der Waals surface area contributed by atoms with E-state index in [0.717, 1.165) is 30.4 Å². The van der Waals surface area contributed by atoms with Gasteiger partial charge in [-0.3, -0.25) is 4.79 Å². The minimum Gasteiger partial charge on any atom is -0.394 e. The molecule has 0 spiro atoms. The molecule has 1 aromatic rings. The van der Waals surface area contributed by atoms with Crippen molar-refractivity contribution < 1.29 is 9.90 Å². The fourth-order valence-corrected chi connectivity index (χ4v) is 2.82. The summed E-state index contributed by atoms with van der Waals surface area (Å²) in [5.41, 5.74) is 0.694. The first-order valence-electron chi connectivity index (χ1n) is 5.95. The molecule has 1 fully saturated rings. The summed E-state index contributed by atoms with van der Waals surface area (Å²) in [6.45, 7) is 3.58. The molecule has 1 N–H and O–H groups in total. The number of carbonyl (C=O) groups is 1. The van der Waals surface area contributed by atoms with Gasteiger partial charge in [0.15, 0.2) is 0 Å². The minimum absolute atomic E-state index is 0.0125. The first-order valence-corrected chi connectivity index (χ1v) is 6.74. The number of halogens is 1. The molecular weight excluding hydrogens is 284 g/mol. The fourth-order valence-electron chi connectivity index (χ4n) is 2.36. The van der Waals surface area contributed by atoms with E-state index in [1.807, 2.05) is 23.8 Å². The summed E-state index contributed by atoms with van der Waals surface area (Å²) in [5, 5.41) is 9.25. The summed E-state index contributed by atoms with van der Waals surface area (Å²) < 4.78 is 2.85. The lowest BCUT2D eigenvalue weighted by Gasteiger charge is -2.23. The Morgan fingerprint density at radius 3 is 3.06 bits per heavy atom. The van der Waals surface area contributed by atoms with Gasteiger partial charge in [-0.15, -0.1) is 0 Å². The number of hydrogen-bond acceptors (Lipinski definition) is 2. The molecule has 2 heterocycles. The largest absolute Gasteiger partial charge is 0.394 e. The third kappa shape index (κ3) is 2.40. The molecule has 0 saturated carbocycles. The molecule has 1 aliphatic heterocycles. The highest BCUT2D eigenvalue weighted by atomic mass is 79.9. The molecule has 1 atom stereocenters. The second-order valence-electron chi connectivity index (χ2n) is 4.31. The van der Waals surface area contributed by atoms with Gasteiger partial charge in [-0.05, 0) is 41.8 Å². The molecule has 1 unspecified atom stereocenters. The molecule has 0 radical (unpaired) electrons. The van der Waals surface area contributed by atoms with Gasteiger partial charge in [0.25, 0.3) is 5.91 Å². The summed E-state index contributed by atoms with van der Waals surface area (Å²) >= 11 is 3.39. The first-order chi connectivity index (χ1) is 8.17. The second-order valence-corrected chi connectivity index (χ2v) is 5.22. The van der Waals surface area contributed by atoms with Crippen LogP contribution in [0.4, 0.5) is 0 Å². The van der Waals surface area contributed by atoms with Gasteiger partial charge >= 0.3 is 0 Å². The highest BCUT2D eigenvalue weighted by Gasteiger charge is 2.30. The van der Waals surface area contributed by atoms with Crippen molar-refractivity contribution in [2.45, 2.75) is 32.4 Å². The lowest BCUT2D eigenvalue weighted by Crippen LogP contribution is -2.38. The Bertz CT molecular complexity index is 417. The van der Waals surface area contributed by atoms with Crippen LogP contribution in [0.3, 0.4) is 0 Å². The zero-order chi connectivity index (χ0) is 12.4. The smallest absolute Gasteiger partial charge is 0.270 e. The molecule has 2 rings (SSSR count). The minimum atomic E-state index is -0.0125. The summed E-state index contributed by atoms with van der Waals surface area (Å²) in [7, 11) is 0. The predicted octanol–water partition coefficient (Wildman–Crippen LogP) is 1.87. The molecule has 0 aromatic carbocycles. The zero-order valence-corrected chi connectivity index (χ0v) is 11.5. The van der Waals surface area contributed by atoms with Crippen LogP contribution in [0.15, 0.2) is 16.7 Å². The van der Waals surface area contributed by atoms with Gasteiger partial charge in [0.2, 0.25) is 0 Å². The van der Waals surface area contributed by atoms with E-state index in [2.05, 4.69) is 15.9 Å². The molecule has 0 aliphatic carbocycles. The topological polar surface area (TPSA) is 45.5 Å². The standard InChI is InChI=1S/C12H17BrN2O2/c1-2-14-7-9(13)6-11(14)12(17)15-5-3-4-10(15)8-16/h6-7,10,16H,2-5,8H2,1H3. The molecule has 1 aromatic heterocycles. The van der Waals surface area contributed by atoms with Gasteiger partial charge in [0.1, 0.15) is 5.69 Å². The van der Waals surface area contributed by atoms with Crippen LogP contribution in [-0.4, -0.2) is 39.7 Å². The Hall–Kier alpha value is -0.810. The number of aliphatic hydroxyl groups is 1. The average Bonchev–Trinajstić information content (AvgIpc) is 2.93. The monoisotopic (exact) mass is 300 g/mol. The predicted molar refractivity (Wildman–Crippen MR) is 69.0 cm³/mol. The van der Waals surface area contributed by atoms with Crippen LogP contribution in [0, 0.1) is 0 Å². The van der Waals surface area contributed by atoms with Gasteiger partial charge in [-0.2, -0.15) is 0 Å². The molecular formula is C12H17BrN2O2. The van der Waals surface area contributed by atoms with Crippen LogP contribution in [0.5, 0.6) is 0 Å². The van der Waals surface area contributed by atoms with E-state index in [0.29, 0.717) is 5.69 Å². The fraction of sp³-hybridized carbons (Fsp3) is 0.583. The number of amides is 1. The number of hydrogen-bond donors (Lipinski definition) is 1.